The predicted molar refractivity (Wildman–Crippen MR) is 64.8 cm³/mol. The molecule has 18 heavy (non-hydrogen) atoms. The first kappa shape index (κ1) is 16.8. The number of hydrogen-bond donors (Lipinski definition) is 1. The molecule has 0 fully saturated rings. The lowest BCUT2D eigenvalue weighted by atomic mass is 10.1. The Bertz CT molecular complexity index is 490. The summed E-state index contributed by atoms with van der Waals surface area (Å²) < 4.78 is 12.7. The maximum atomic E-state index is 12.7. The maximum Gasteiger partial charge on any atom is 0.337 e. The minimum absolute atomic E-state index is 0.0735. The largest absolute Gasteiger partial charge is 0.478 e. The van der Waals surface area contributed by atoms with Gasteiger partial charge in [-0.25, -0.2) is 9.18 Å². The first-order chi connectivity index (χ1) is 8.16. The third kappa shape index (κ3) is 5.44. The van der Waals surface area contributed by atoms with E-state index in [0.29, 0.717) is 0 Å². The third-order valence-corrected chi connectivity index (χ3v) is 2.39. The number of aryl methyl sites for hydroxylation is 1. The summed E-state index contributed by atoms with van der Waals surface area (Å²) in [7, 11) is 0. The van der Waals surface area contributed by atoms with Crippen molar-refractivity contribution in [1.29, 1.82) is 0 Å². The minimum Gasteiger partial charge on any atom is -0.478 e. The van der Waals surface area contributed by atoms with Crippen LogP contribution in [-0.4, -0.2) is 21.6 Å². The highest BCUT2D eigenvalue weighted by molar-refractivity contribution is 6.97. The standard InChI is InChI=1S/C8H6ClFO2.C2Cl2O2/c1-4-2-5(8(11)12)6(9)3-7(4)10;3-1(5)2(4)6/h2-3H,1H3,(H,11,12);. The van der Waals surface area contributed by atoms with Gasteiger partial charge in [0.2, 0.25) is 0 Å². The lowest BCUT2D eigenvalue weighted by Gasteiger charge is -2.00. The Hall–Kier alpha value is -1.17. The van der Waals surface area contributed by atoms with Gasteiger partial charge >= 0.3 is 16.5 Å². The number of carbonyl (C=O) groups excluding carboxylic acids is 2. The molecule has 0 aliphatic heterocycles. The number of aromatic carboxylic acids is 1. The van der Waals surface area contributed by atoms with Crippen molar-refractivity contribution in [3.8, 4) is 0 Å². The molecular formula is C10H6Cl3FO4. The van der Waals surface area contributed by atoms with Crippen molar-refractivity contribution in [1.82, 2.24) is 0 Å². The first-order valence-electron chi connectivity index (χ1n) is 4.25. The highest BCUT2D eigenvalue weighted by atomic mass is 35.5. The average molecular weight is 316 g/mol. The topological polar surface area (TPSA) is 71.4 Å². The van der Waals surface area contributed by atoms with Gasteiger partial charge in [0.15, 0.2) is 0 Å². The lowest BCUT2D eigenvalue weighted by molar-refractivity contribution is -0.127. The molecule has 0 atom stereocenters. The molecule has 8 heteroatoms. The van der Waals surface area contributed by atoms with Crippen LogP contribution in [0.1, 0.15) is 15.9 Å². The Labute approximate surface area is 116 Å². The number of halogens is 4. The Kier molecular flexibility index (Phi) is 6.83. The third-order valence-electron chi connectivity index (χ3n) is 1.63. The van der Waals surface area contributed by atoms with E-state index in [1.54, 1.807) is 0 Å². The fourth-order valence-corrected chi connectivity index (χ4v) is 1.05. The van der Waals surface area contributed by atoms with Crippen LogP contribution in [0.3, 0.4) is 0 Å². The first-order valence-corrected chi connectivity index (χ1v) is 5.38. The summed E-state index contributed by atoms with van der Waals surface area (Å²) in [5.41, 5.74) is 0.201. The fraction of sp³-hybridized carbons (Fsp3) is 0.100. The number of carboxylic acid groups (broad SMARTS) is 1. The van der Waals surface area contributed by atoms with Gasteiger partial charge in [0, 0.05) is 0 Å². The van der Waals surface area contributed by atoms with E-state index in [2.05, 4.69) is 23.2 Å². The quantitative estimate of drug-likeness (QED) is 0.672. The van der Waals surface area contributed by atoms with E-state index in [4.69, 9.17) is 16.7 Å². The van der Waals surface area contributed by atoms with Crippen molar-refractivity contribution in [3.05, 3.63) is 34.1 Å². The molecule has 1 aromatic rings. The Morgan fingerprint density at radius 1 is 1.17 bits per heavy atom. The van der Waals surface area contributed by atoms with Crippen LogP contribution >= 0.6 is 34.8 Å². The van der Waals surface area contributed by atoms with Crippen molar-refractivity contribution in [3.63, 3.8) is 0 Å². The van der Waals surface area contributed by atoms with E-state index in [1.807, 2.05) is 0 Å². The summed E-state index contributed by atoms with van der Waals surface area (Å²) in [6.45, 7) is 1.48. The molecule has 0 aliphatic rings. The molecule has 0 bridgehead atoms. The van der Waals surface area contributed by atoms with Gasteiger partial charge in [0.05, 0.1) is 10.6 Å². The molecule has 4 nitrogen and oxygen atoms in total. The van der Waals surface area contributed by atoms with Gasteiger partial charge in [-0.15, -0.1) is 0 Å². The summed E-state index contributed by atoms with van der Waals surface area (Å²) in [6.07, 6.45) is 0. The van der Waals surface area contributed by atoms with Crippen LogP contribution < -0.4 is 0 Å². The molecule has 0 saturated carbocycles. The summed E-state index contributed by atoms with van der Waals surface area (Å²) in [6, 6.07) is 2.21. The van der Waals surface area contributed by atoms with Crippen molar-refractivity contribution in [2.45, 2.75) is 6.92 Å². The van der Waals surface area contributed by atoms with E-state index in [9.17, 15) is 18.8 Å². The van der Waals surface area contributed by atoms with Crippen LogP contribution in [-0.2, 0) is 9.59 Å². The summed E-state index contributed by atoms with van der Waals surface area (Å²) in [5, 5.41) is 6.21. The van der Waals surface area contributed by atoms with Crippen LogP contribution in [0.15, 0.2) is 12.1 Å². The van der Waals surface area contributed by atoms with Crippen LogP contribution in [0.5, 0.6) is 0 Å². The number of carbonyl (C=O) groups is 3. The molecular weight excluding hydrogens is 309 g/mol. The molecule has 0 unspecified atom stereocenters. The van der Waals surface area contributed by atoms with E-state index in [1.165, 1.54) is 13.0 Å². The van der Waals surface area contributed by atoms with E-state index in [-0.39, 0.29) is 16.1 Å². The summed E-state index contributed by atoms with van der Waals surface area (Å²) in [5.74, 6) is -1.65. The Morgan fingerprint density at radius 2 is 1.61 bits per heavy atom. The van der Waals surface area contributed by atoms with Crippen LogP contribution in [0.4, 0.5) is 4.39 Å². The van der Waals surface area contributed by atoms with Gasteiger partial charge in [0.1, 0.15) is 5.82 Å². The van der Waals surface area contributed by atoms with Crippen molar-refractivity contribution < 1.29 is 23.9 Å². The molecule has 1 rings (SSSR count). The number of hydrogen-bond acceptors (Lipinski definition) is 3. The summed E-state index contributed by atoms with van der Waals surface area (Å²) >= 11 is 14.5. The highest BCUT2D eigenvalue weighted by Gasteiger charge is 2.11. The Balaban J connectivity index is 0.000000411. The molecule has 0 aliphatic carbocycles. The second kappa shape index (κ2) is 7.31. The number of benzene rings is 1. The van der Waals surface area contributed by atoms with Crippen molar-refractivity contribution in [2.75, 3.05) is 0 Å². The minimum atomic E-state index is -1.15. The molecule has 0 saturated heterocycles. The molecule has 1 aromatic carbocycles. The fourth-order valence-electron chi connectivity index (χ4n) is 0.821. The molecule has 0 heterocycles. The van der Waals surface area contributed by atoms with E-state index < -0.39 is 22.3 Å². The molecule has 98 valence electrons. The highest BCUT2D eigenvalue weighted by Crippen LogP contribution is 2.19. The molecule has 0 spiro atoms. The van der Waals surface area contributed by atoms with Crippen LogP contribution in [0.2, 0.25) is 5.02 Å². The molecule has 0 radical (unpaired) electrons. The van der Waals surface area contributed by atoms with Gasteiger partial charge in [-0.1, -0.05) is 11.6 Å². The molecule has 0 amide bonds. The van der Waals surface area contributed by atoms with Crippen molar-refractivity contribution in [2.24, 2.45) is 0 Å². The van der Waals surface area contributed by atoms with Gasteiger partial charge in [-0.2, -0.15) is 0 Å². The second-order valence-electron chi connectivity index (χ2n) is 2.93. The van der Waals surface area contributed by atoms with Crippen LogP contribution in [0, 0.1) is 12.7 Å². The van der Waals surface area contributed by atoms with Gasteiger partial charge < -0.3 is 5.11 Å². The average Bonchev–Trinajstić information content (AvgIpc) is 2.23. The van der Waals surface area contributed by atoms with E-state index >= 15 is 0 Å². The normalized spacial score (nSPS) is 9.17. The zero-order valence-corrected chi connectivity index (χ0v) is 11.1. The Morgan fingerprint density at radius 3 is 1.94 bits per heavy atom. The molecule has 1 N–H and O–H groups in total. The van der Waals surface area contributed by atoms with Crippen molar-refractivity contribution >= 4 is 51.3 Å². The smallest absolute Gasteiger partial charge is 0.337 e. The van der Waals surface area contributed by atoms with E-state index in [0.717, 1.165) is 6.07 Å². The lowest BCUT2D eigenvalue weighted by Crippen LogP contribution is -1.99. The van der Waals surface area contributed by atoms with Gasteiger partial charge in [-0.3, -0.25) is 9.59 Å². The zero-order chi connectivity index (χ0) is 14.5. The predicted octanol–water partition coefficient (Wildman–Crippen LogP) is 3.00. The maximum absolute atomic E-state index is 12.7. The number of rotatable bonds is 2. The van der Waals surface area contributed by atoms with Crippen LogP contribution in [0.25, 0.3) is 0 Å². The monoisotopic (exact) mass is 314 g/mol. The SMILES string of the molecule is Cc1cc(C(=O)O)c(Cl)cc1F.O=C(Cl)C(=O)Cl. The summed E-state index contributed by atoms with van der Waals surface area (Å²) in [4.78, 5) is 29.3. The number of carboxylic acids is 1. The van der Waals surface area contributed by atoms with Gasteiger partial charge in [-0.05, 0) is 47.8 Å². The molecule has 0 aromatic heterocycles. The van der Waals surface area contributed by atoms with Gasteiger partial charge in [0.25, 0.3) is 0 Å². The zero-order valence-electron chi connectivity index (χ0n) is 8.84. The second-order valence-corrected chi connectivity index (χ2v) is 4.03.